The number of esters is 2. The number of hydrogen-bond donors (Lipinski definition) is 0. The van der Waals surface area contributed by atoms with Crippen molar-refractivity contribution in [3.63, 3.8) is 0 Å². The fraction of sp³-hybridized carbons (Fsp3) is 0.833. The van der Waals surface area contributed by atoms with Gasteiger partial charge in [-0.05, 0) is 12.3 Å². The summed E-state index contributed by atoms with van der Waals surface area (Å²) in [6, 6.07) is 0. The Morgan fingerprint density at radius 3 is 2.12 bits per heavy atom. The maximum atomic E-state index is 11.2. The first-order chi connectivity index (χ1) is 8.06. The predicted octanol–water partition coefficient (Wildman–Crippen LogP) is 1.55. The molecule has 0 aromatic rings. The van der Waals surface area contributed by atoms with Gasteiger partial charge in [0.2, 0.25) is 0 Å². The third-order valence-electron chi connectivity index (χ3n) is 1.89. The van der Waals surface area contributed by atoms with E-state index < -0.39 is 0 Å². The SMILES string of the molecule is COCCOC(=O)CCCC(=O)OCC(C)C. The normalized spacial score (nSPS) is 10.4. The van der Waals surface area contributed by atoms with Crippen LogP contribution in [0.2, 0.25) is 0 Å². The zero-order valence-electron chi connectivity index (χ0n) is 10.9. The van der Waals surface area contributed by atoms with E-state index in [4.69, 9.17) is 14.2 Å². The molecule has 0 radical (unpaired) electrons. The van der Waals surface area contributed by atoms with Gasteiger partial charge in [-0.2, -0.15) is 0 Å². The van der Waals surface area contributed by atoms with Crippen LogP contribution in [0.1, 0.15) is 33.1 Å². The highest BCUT2D eigenvalue weighted by molar-refractivity contribution is 5.72. The van der Waals surface area contributed by atoms with Crippen LogP contribution in [0.5, 0.6) is 0 Å². The largest absolute Gasteiger partial charge is 0.465 e. The van der Waals surface area contributed by atoms with Gasteiger partial charge in [-0.1, -0.05) is 13.8 Å². The van der Waals surface area contributed by atoms with Gasteiger partial charge in [-0.15, -0.1) is 0 Å². The molecule has 0 saturated carbocycles. The molecule has 0 aromatic heterocycles. The Kier molecular flexibility index (Phi) is 9.43. The first-order valence-electron chi connectivity index (χ1n) is 5.86. The van der Waals surface area contributed by atoms with E-state index in [9.17, 15) is 9.59 Å². The minimum absolute atomic E-state index is 0.237. The van der Waals surface area contributed by atoms with Crippen LogP contribution < -0.4 is 0 Å². The van der Waals surface area contributed by atoms with Crippen LogP contribution in [0.25, 0.3) is 0 Å². The number of hydrogen-bond acceptors (Lipinski definition) is 5. The Hall–Kier alpha value is -1.10. The number of ether oxygens (including phenoxy) is 3. The highest BCUT2D eigenvalue weighted by Gasteiger charge is 2.07. The van der Waals surface area contributed by atoms with Crippen LogP contribution in [-0.4, -0.2) is 38.9 Å². The van der Waals surface area contributed by atoms with Gasteiger partial charge >= 0.3 is 11.9 Å². The standard InChI is InChI=1S/C12H22O5/c1-10(2)9-17-12(14)6-4-5-11(13)16-8-7-15-3/h10H,4-9H2,1-3H3. The lowest BCUT2D eigenvalue weighted by Gasteiger charge is -2.07. The van der Waals surface area contributed by atoms with Crippen molar-refractivity contribution in [2.75, 3.05) is 26.9 Å². The molecule has 0 saturated heterocycles. The van der Waals surface area contributed by atoms with Crippen LogP contribution in [0.3, 0.4) is 0 Å². The Morgan fingerprint density at radius 2 is 1.59 bits per heavy atom. The average Bonchev–Trinajstić information content (AvgIpc) is 2.27. The summed E-state index contributed by atoms with van der Waals surface area (Å²) in [5.74, 6) is -0.236. The van der Waals surface area contributed by atoms with Gasteiger partial charge < -0.3 is 14.2 Å². The Labute approximate surface area is 102 Å². The van der Waals surface area contributed by atoms with Crippen molar-refractivity contribution >= 4 is 11.9 Å². The molecular weight excluding hydrogens is 224 g/mol. The Bertz CT molecular complexity index is 225. The van der Waals surface area contributed by atoms with E-state index in [2.05, 4.69) is 0 Å². The van der Waals surface area contributed by atoms with Crippen molar-refractivity contribution in [2.45, 2.75) is 33.1 Å². The minimum atomic E-state index is -0.307. The van der Waals surface area contributed by atoms with Gasteiger partial charge in [0.1, 0.15) is 6.61 Å². The fourth-order valence-electron chi connectivity index (χ4n) is 1.02. The molecule has 0 atom stereocenters. The lowest BCUT2D eigenvalue weighted by atomic mass is 10.2. The van der Waals surface area contributed by atoms with Crippen molar-refractivity contribution in [3.8, 4) is 0 Å². The molecule has 5 nitrogen and oxygen atoms in total. The summed E-state index contributed by atoms with van der Waals surface area (Å²) in [5.41, 5.74) is 0. The molecule has 0 rings (SSSR count). The molecule has 0 fully saturated rings. The summed E-state index contributed by atoms with van der Waals surface area (Å²) in [6.45, 7) is 5.02. The van der Waals surface area contributed by atoms with Crippen LogP contribution in [0.4, 0.5) is 0 Å². The van der Waals surface area contributed by atoms with Crippen LogP contribution in [0, 0.1) is 5.92 Å². The maximum absolute atomic E-state index is 11.2. The van der Waals surface area contributed by atoms with Crippen molar-refractivity contribution in [3.05, 3.63) is 0 Å². The van der Waals surface area contributed by atoms with Crippen LogP contribution >= 0.6 is 0 Å². The highest BCUT2D eigenvalue weighted by Crippen LogP contribution is 2.01. The van der Waals surface area contributed by atoms with Gasteiger partial charge in [-0.25, -0.2) is 0 Å². The van der Waals surface area contributed by atoms with E-state index in [0.29, 0.717) is 25.6 Å². The third kappa shape index (κ3) is 11.2. The summed E-state index contributed by atoms with van der Waals surface area (Å²) in [5, 5.41) is 0. The van der Waals surface area contributed by atoms with E-state index >= 15 is 0 Å². The number of rotatable bonds is 9. The molecule has 0 aromatic carbocycles. The lowest BCUT2D eigenvalue weighted by molar-refractivity contribution is -0.146. The second-order valence-corrected chi connectivity index (χ2v) is 4.14. The molecule has 0 amide bonds. The van der Waals surface area contributed by atoms with Gasteiger partial charge in [0.05, 0.1) is 13.2 Å². The predicted molar refractivity (Wildman–Crippen MR) is 62.5 cm³/mol. The van der Waals surface area contributed by atoms with E-state index in [1.165, 1.54) is 0 Å². The Morgan fingerprint density at radius 1 is 1.00 bits per heavy atom. The number of carbonyl (C=O) groups is 2. The number of methoxy groups -OCH3 is 1. The highest BCUT2D eigenvalue weighted by atomic mass is 16.6. The second-order valence-electron chi connectivity index (χ2n) is 4.14. The first-order valence-corrected chi connectivity index (χ1v) is 5.86. The van der Waals surface area contributed by atoms with Gasteiger partial charge in [0, 0.05) is 20.0 Å². The molecular formula is C12H22O5. The van der Waals surface area contributed by atoms with Crippen molar-refractivity contribution in [2.24, 2.45) is 5.92 Å². The van der Waals surface area contributed by atoms with E-state index in [-0.39, 0.29) is 31.4 Å². The smallest absolute Gasteiger partial charge is 0.305 e. The zero-order valence-corrected chi connectivity index (χ0v) is 10.9. The summed E-state index contributed by atoms with van der Waals surface area (Å²) in [7, 11) is 1.54. The maximum Gasteiger partial charge on any atom is 0.305 e. The summed E-state index contributed by atoms with van der Waals surface area (Å²) in [4.78, 5) is 22.3. The summed E-state index contributed by atoms with van der Waals surface area (Å²) < 4.78 is 14.6. The molecule has 17 heavy (non-hydrogen) atoms. The molecule has 0 aliphatic rings. The minimum Gasteiger partial charge on any atom is -0.465 e. The number of carbonyl (C=O) groups excluding carboxylic acids is 2. The Balaban J connectivity index is 3.42. The first kappa shape index (κ1) is 15.9. The van der Waals surface area contributed by atoms with Gasteiger partial charge in [-0.3, -0.25) is 9.59 Å². The average molecular weight is 246 g/mol. The molecule has 0 N–H and O–H groups in total. The molecule has 0 aliphatic carbocycles. The summed E-state index contributed by atoms with van der Waals surface area (Å²) >= 11 is 0. The second kappa shape index (κ2) is 10.1. The van der Waals surface area contributed by atoms with Crippen molar-refractivity contribution in [1.29, 1.82) is 0 Å². The lowest BCUT2D eigenvalue weighted by Crippen LogP contribution is -2.12. The molecule has 100 valence electrons. The third-order valence-corrected chi connectivity index (χ3v) is 1.89. The van der Waals surface area contributed by atoms with Crippen LogP contribution in [-0.2, 0) is 23.8 Å². The summed E-state index contributed by atoms with van der Waals surface area (Å²) in [6.07, 6.45) is 0.954. The van der Waals surface area contributed by atoms with Gasteiger partial charge in [0.25, 0.3) is 0 Å². The van der Waals surface area contributed by atoms with Gasteiger partial charge in [0.15, 0.2) is 0 Å². The van der Waals surface area contributed by atoms with E-state index in [1.807, 2.05) is 13.8 Å². The molecule has 5 heteroatoms. The molecule has 0 unspecified atom stereocenters. The topological polar surface area (TPSA) is 61.8 Å². The van der Waals surface area contributed by atoms with E-state index in [0.717, 1.165) is 0 Å². The molecule has 0 heterocycles. The zero-order chi connectivity index (χ0) is 13.1. The monoisotopic (exact) mass is 246 g/mol. The fourth-order valence-corrected chi connectivity index (χ4v) is 1.02. The molecule has 0 aliphatic heterocycles. The van der Waals surface area contributed by atoms with Crippen molar-refractivity contribution in [1.82, 2.24) is 0 Å². The molecule has 0 spiro atoms. The van der Waals surface area contributed by atoms with E-state index in [1.54, 1.807) is 7.11 Å². The molecule has 0 bridgehead atoms. The van der Waals surface area contributed by atoms with Crippen molar-refractivity contribution < 1.29 is 23.8 Å². The quantitative estimate of drug-likeness (QED) is 0.456. The van der Waals surface area contributed by atoms with Crippen LogP contribution in [0.15, 0.2) is 0 Å².